The number of rotatable bonds is 6. The number of aromatic nitrogens is 3. The van der Waals surface area contributed by atoms with Gasteiger partial charge in [-0.05, 0) is 50.7 Å². The number of aliphatic hydroxyl groups excluding tert-OH is 1. The summed E-state index contributed by atoms with van der Waals surface area (Å²) in [5.41, 5.74) is 0.866. The molecule has 2 unspecified atom stereocenters. The lowest BCUT2D eigenvalue weighted by Crippen LogP contribution is -2.24. The maximum absolute atomic E-state index is 9.99. The fourth-order valence-corrected chi connectivity index (χ4v) is 3.18. The fraction of sp³-hybridized carbons (Fsp3) is 0.588. The van der Waals surface area contributed by atoms with Gasteiger partial charge in [0.2, 0.25) is 0 Å². The van der Waals surface area contributed by atoms with Gasteiger partial charge in [0.15, 0.2) is 5.82 Å². The summed E-state index contributed by atoms with van der Waals surface area (Å²) in [7, 11) is 0. The first-order chi connectivity index (χ1) is 11.2. The van der Waals surface area contributed by atoms with Crippen molar-refractivity contribution in [2.24, 2.45) is 5.92 Å². The molecule has 0 saturated heterocycles. The molecule has 2 N–H and O–H groups in total. The minimum absolute atomic E-state index is 0.106. The van der Waals surface area contributed by atoms with Gasteiger partial charge >= 0.3 is 0 Å². The second-order valence-corrected chi connectivity index (χ2v) is 6.26. The predicted octanol–water partition coefficient (Wildman–Crippen LogP) is 3.18. The van der Waals surface area contributed by atoms with Gasteiger partial charge in [-0.15, -0.1) is 0 Å². The Bertz CT molecular complexity index is 629. The number of pyridine rings is 1. The molecule has 6 heteroatoms. The summed E-state index contributed by atoms with van der Waals surface area (Å²) in [6.07, 6.45) is 8.28. The van der Waals surface area contributed by atoms with Crippen LogP contribution in [0.2, 0.25) is 0 Å². The van der Waals surface area contributed by atoms with Gasteiger partial charge in [0.05, 0.1) is 6.10 Å². The van der Waals surface area contributed by atoms with Gasteiger partial charge in [0.25, 0.3) is 5.89 Å². The van der Waals surface area contributed by atoms with E-state index >= 15 is 0 Å². The van der Waals surface area contributed by atoms with Crippen LogP contribution < -0.4 is 5.32 Å². The number of hydrogen-bond donors (Lipinski definition) is 2. The van der Waals surface area contributed by atoms with Crippen LogP contribution in [-0.2, 0) is 0 Å². The summed E-state index contributed by atoms with van der Waals surface area (Å²) < 4.78 is 5.18. The van der Waals surface area contributed by atoms with Crippen LogP contribution in [0.5, 0.6) is 0 Å². The highest BCUT2D eigenvalue weighted by Gasteiger charge is 2.22. The molecule has 0 amide bonds. The molecule has 1 aliphatic carbocycles. The molecule has 124 valence electrons. The van der Waals surface area contributed by atoms with Crippen molar-refractivity contribution in [2.45, 2.75) is 51.6 Å². The molecule has 23 heavy (non-hydrogen) atoms. The predicted molar refractivity (Wildman–Crippen MR) is 88.0 cm³/mol. The zero-order valence-corrected chi connectivity index (χ0v) is 13.5. The van der Waals surface area contributed by atoms with Crippen LogP contribution in [0.3, 0.4) is 0 Å². The highest BCUT2D eigenvalue weighted by molar-refractivity contribution is 5.57. The zero-order chi connectivity index (χ0) is 16.1. The van der Waals surface area contributed by atoms with Crippen LogP contribution in [0.25, 0.3) is 11.5 Å². The van der Waals surface area contributed by atoms with E-state index in [-0.39, 0.29) is 6.10 Å². The van der Waals surface area contributed by atoms with Crippen molar-refractivity contribution in [3.8, 4) is 11.5 Å². The molecule has 0 bridgehead atoms. The molecule has 1 saturated carbocycles. The second kappa shape index (κ2) is 7.55. The van der Waals surface area contributed by atoms with Crippen molar-refractivity contribution in [3.63, 3.8) is 0 Å². The largest absolute Gasteiger partial charge is 0.393 e. The Labute approximate surface area is 136 Å². The van der Waals surface area contributed by atoms with Crippen LogP contribution in [-0.4, -0.2) is 32.9 Å². The van der Waals surface area contributed by atoms with E-state index in [9.17, 15) is 5.11 Å². The van der Waals surface area contributed by atoms with Gasteiger partial charge in [-0.3, -0.25) is 0 Å². The highest BCUT2D eigenvalue weighted by atomic mass is 16.5. The van der Waals surface area contributed by atoms with E-state index < -0.39 is 0 Å². The van der Waals surface area contributed by atoms with Crippen LogP contribution in [0.1, 0.15) is 44.3 Å². The molecule has 0 radical (unpaired) electrons. The number of aliphatic hydroxyl groups is 1. The summed E-state index contributed by atoms with van der Waals surface area (Å²) in [4.78, 5) is 8.55. The van der Waals surface area contributed by atoms with Gasteiger partial charge in [0, 0.05) is 18.3 Å². The molecule has 3 rings (SSSR count). The summed E-state index contributed by atoms with van der Waals surface area (Å²) in [6.45, 7) is 2.65. The molecule has 1 fully saturated rings. The smallest absolute Gasteiger partial charge is 0.258 e. The maximum atomic E-state index is 9.99. The Morgan fingerprint density at radius 1 is 1.35 bits per heavy atom. The van der Waals surface area contributed by atoms with E-state index in [0.29, 0.717) is 17.6 Å². The molecule has 2 aromatic heterocycles. The number of anilines is 1. The molecular formula is C17H24N4O2. The van der Waals surface area contributed by atoms with Crippen LogP contribution in [0, 0.1) is 12.8 Å². The van der Waals surface area contributed by atoms with E-state index in [4.69, 9.17) is 4.52 Å². The van der Waals surface area contributed by atoms with Crippen molar-refractivity contribution in [1.29, 1.82) is 0 Å². The van der Waals surface area contributed by atoms with Gasteiger partial charge in [0.1, 0.15) is 5.82 Å². The number of aryl methyl sites for hydroxylation is 1. The molecule has 0 aliphatic heterocycles. The van der Waals surface area contributed by atoms with E-state index in [1.54, 1.807) is 13.1 Å². The lowest BCUT2D eigenvalue weighted by molar-refractivity contribution is 0.0648. The van der Waals surface area contributed by atoms with Crippen LogP contribution >= 0.6 is 0 Å². The lowest BCUT2D eigenvalue weighted by atomic mass is 9.83. The Morgan fingerprint density at radius 3 is 3.00 bits per heavy atom. The zero-order valence-electron chi connectivity index (χ0n) is 13.5. The Hall–Kier alpha value is -1.95. The highest BCUT2D eigenvalue weighted by Crippen LogP contribution is 2.28. The molecule has 1 aliphatic rings. The molecule has 0 aromatic carbocycles. The third kappa shape index (κ3) is 4.28. The molecular weight excluding hydrogens is 292 g/mol. The summed E-state index contributed by atoms with van der Waals surface area (Å²) in [6, 6.07) is 3.78. The minimum atomic E-state index is -0.106. The molecule has 0 spiro atoms. The first-order valence-electron chi connectivity index (χ1n) is 8.41. The van der Waals surface area contributed by atoms with Crippen LogP contribution in [0.15, 0.2) is 22.9 Å². The molecule has 6 nitrogen and oxygen atoms in total. The standard InChI is InChI=1S/C17H24N4O2/c1-12-20-17(23-21-12)14-8-10-19-16(11-14)18-9-4-6-13-5-2-3-7-15(13)22/h8,10-11,13,15,22H,2-7,9H2,1H3,(H,18,19). The summed E-state index contributed by atoms with van der Waals surface area (Å²) in [5.74, 6) is 2.41. The van der Waals surface area contributed by atoms with E-state index in [1.165, 1.54) is 12.8 Å². The van der Waals surface area contributed by atoms with Gasteiger partial charge in [-0.25, -0.2) is 4.98 Å². The fourth-order valence-electron chi connectivity index (χ4n) is 3.18. The van der Waals surface area contributed by atoms with Crippen molar-refractivity contribution in [3.05, 3.63) is 24.2 Å². The average molecular weight is 316 g/mol. The molecule has 2 heterocycles. The topological polar surface area (TPSA) is 84.1 Å². The van der Waals surface area contributed by atoms with E-state index in [1.807, 2.05) is 12.1 Å². The minimum Gasteiger partial charge on any atom is -0.393 e. The van der Waals surface area contributed by atoms with Crippen molar-refractivity contribution in [2.75, 3.05) is 11.9 Å². The first-order valence-corrected chi connectivity index (χ1v) is 8.41. The molecule has 2 aromatic rings. The quantitative estimate of drug-likeness (QED) is 0.796. The lowest BCUT2D eigenvalue weighted by Gasteiger charge is -2.27. The SMILES string of the molecule is Cc1noc(-c2ccnc(NCCCC3CCCCC3O)c2)n1. The summed E-state index contributed by atoms with van der Waals surface area (Å²) in [5, 5.41) is 17.1. The number of hydrogen-bond acceptors (Lipinski definition) is 6. The molecule has 2 atom stereocenters. The Morgan fingerprint density at radius 2 is 2.22 bits per heavy atom. The first kappa shape index (κ1) is 15.9. The van der Waals surface area contributed by atoms with E-state index in [2.05, 4.69) is 20.4 Å². The average Bonchev–Trinajstić information content (AvgIpc) is 3.00. The van der Waals surface area contributed by atoms with Crippen molar-refractivity contribution in [1.82, 2.24) is 15.1 Å². The Balaban J connectivity index is 1.49. The van der Waals surface area contributed by atoms with Crippen LogP contribution in [0.4, 0.5) is 5.82 Å². The van der Waals surface area contributed by atoms with Crippen molar-refractivity contribution < 1.29 is 9.63 Å². The third-order valence-electron chi connectivity index (χ3n) is 4.46. The number of nitrogens with zero attached hydrogens (tertiary/aromatic N) is 3. The van der Waals surface area contributed by atoms with Gasteiger partial charge in [-0.2, -0.15) is 4.98 Å². The number of nitrogens with one attached hydrogen (secondary N) is 1. The second-order valence-electron chi connectivity index (χ2n) is 6.26. The van der Waals surface area contributed by atoms with E-state index in [0.717, 1.165) is 43.6 Å². The van der Waals surface area contributed by atoms with Gasteiger partial charge in [-0.1, -0.05) is 18.0 Å². The third-order valence-corrected chi connectivity index (χ3v) is 4.46. The monoisotopic (exact) mass is 316 g/mol. The van der Waals surface area contributed by atoms with Crippen molar-refractivity contribution >= 4 is 5.82 Å². The Kier molecular flexibility index (Phi) is 5.23. The van der Waals surface area contributed by atoms with Gasteiger partial charge < -0.3 is 14.9 Å². The normalized spacial score (nSPS) is 21.3. The summed E-state index contributed by atoms with van der Waals surface area (Å²) >= 11 is 0. The maximum Gasteiger partial charge on any atom is 0.258 e.